The molecule has 1 unspecified atom stereocenters. The largest absolute Gasteiger partial charge is 0.479 e. The molecule has 1 atom stereocenters. The molecule has 1 aromatic carbocycles. The molecule has 0 saturated heterocycles. The SMILES string of the molecule is CCCCCC(NC(=O)NS(C)(=O)=O)(C(=O)O)c1ccccc1. The zero-order valence-corrected chi connectivity index (χ0v) is 14.0. The zero-order valence-electron chi connectivity index (χ0n) is 13.2. The van der Waals surface area contributed by atoms with Gasteiger partial charge >= 0.3 is 12.0 Å². The lowest BCUT2D eigenvalue weighted by Gasteiger charge is -2.31. The Balaban J connectivity index is 3.17. The molecule has 23 heavy (non-hydrogen) atoms. The van der Waals surface area contributed by atoms with Gasteiger partial charge in [-0.3, -0.25) is 0 Å². The fourth-order valence-electron chi connectivity index (χ4n) is 2.31. The summed E-state index contributed by atoms with van der Waals surface area (Å²) in [5, 5.41) is 12.1. The number of carbonyl (C=O) groups excluding carboxylic acids is 1. The van der Waals surface area contributed by atoms with Gasteiger partial charge in [0.2, 0.25) is 10.0 Å². The molecule has 0 saturated carbocycles. The number of carbonyl (C=O) groups is 2. The van der Waals surface area contributed by atoms with Crippen LogP contribution in [-0.2, 0) is 20.4 Å². The van der Waals surface area contributed by atoms with Crippen molar-refractivity contribution in [3.8, 4) is 0 Å². The number of rotatable bonds is 8. The Bertz CT molecular complexity index is 645. The predicted octanol–water partition coefficient (Wildman–Crippen LogP) is 1.81. The van der Waals surface area contributed by atoms with Gasteiger partial charge in [-0.25, -0.2) is 22.7 Å². The van der Waals surface area contributed by atoms with Gasteiger partial charge in [0.1, 0.15) is 0 Å². The van der Waals surface area contributed by atoms with Crippen molar-refractivity contribution in [1.29, 1.82) is 0 Å². The minimum atomic E-state index is -3.78. The number of amides is 2. The van der Waals surface area contributed by atoms with E-state index in [1.54, 1.807) is 35.1 Å². The summed E-state index contributed by atoms with van der Waals surface area (Å²) in [5.41, 5.74) is -1.28. The Labute approximate surface area is 136 Å². The molecule has 0 spiro atoms. The van der Waals surface area contributed by atoms with Crippen molar-refractivity contribution >= 4 is 22.0 Å². The average molecular weight is 342 g/mol. The van der Waals surface area contributed by atoms with Crippen LogP contribution in [0.2, 0.25) is 0 Å². The van der Waals surface area contributed by atoms with Gasteiger partial charge in [0.15, 0.2) is 5.54 Å². The maximum Gasteiger partial charge on any atom is 0.334 e. The normalized spacial score (nSPS) is 13.8. The molecule has 0 aliphatic carbocycles. The van der Waals surface area contributed by atoms with Gasteiger partial charge < -0.3 is 10.4 Å². The highest BCUT2D eigenvalue weighted by Crippen LogP contribution is 2.28. The van der Waals surface area contributed by atoms with Crippen molar-refractivity contribution in [1.82, 2.24) is 10.0 Å². The number of hydrogen-bond donors (Lipinski definition) is 3. The Morgan fingerprint density at radius 3 is 2.26 bits per heavy atom. The lowest BCUT2D eigenvalue weighted by Crippen LogP contribution is -2.55. The van der Waals surface area contributed by atoms with Crippen molar-refractivity contribution in [2.24, 2.45) is 0 Å². The number of carboxylic acids is 1. The van der Waals surface area contributed by atoms with Gasteiger partial charge in [0.25, 0.3) is 0 Å². The number of benzene rings is 1. The predicted molar refractivity (Wildman–Crippen MR) is 86.4 cm³/mol. The van der Waals surface area contributed by atoms with Crippen molar-refractivity contribution in [2.45, 2.75) is 38.1 Å². The van der Waals surface area contributed by atoms with Gasteiger partial charge in [-0.15, -0.1) is 0 Å². The second-order valence-corrected chi connectivity index (χ2v) is 7.11. The fraction of sp³-hybridized carbons (Fsp3) is 0.467. The first-order chi connectivity index (χ1) is 10.7. The van der Waals surface area contributed by atoms with E-state index in [1.807, 2.05) is 6.92 Å². The van der Waals surface area contributed by atoms with E-state index in [0.717, 1.165) is 19.1 Å². The Hall–Kier alpha value is -2.09. The number of hydrogen-bond acceptors (Lipinski definition) is 4. The first kappa shape index (κ1) is 19.0. The van der Waals surface area contributed by atoms with E-state index in [4.69, 9.17) is 0 Å². The van der Waals surface area contributed by atoms with Gasteiger partial charge in [-0.05, 0) is 12.0 Å². The van der Waals surface area contributed by atoms with E-state index >= 15 is 0 Å². The van der Waals surface area contributed by atoms with Crippen molar-refractivity contribution in [3.05, 3.63) is 35.9 Å². The summed E-state index contributed by atoms with van der Waals surface area (Å²) in [7, 11) is -3.78. The molecule has 1 aromatic rings. The lowest BCUT2D eigenvalue weighted by molar-refractivity contribution is -0.145. The minimum Gasteiger partial charge on any atom is -0.479 e. The summed E-state index contributed by atoms with van der Waals surface area (Å²) in [6.07, 6.45) is 3.26. The van der Waals surface area contributed by atoms with Gasteiger partial charge in [-0.2, -0.15) is 0 Å². The lowest BCUT2D eigenvalue weighted by atomic mass is 9.84. The van der Waals surface area contributed by atoms with Crippen LogP contribution >= 0.6 is 0 Å². The number of unbranched alkanes of at least 4 members (excludes halogenated alkanes) is 2. The van der Waals surface area contributed by atoms with Crippen LogP contribution in [0.3, 0.4) is 0 Å². The summed E-state index contributed by atoms with van der Waals surface area (Å²) in [5.74, 6) is -1.23. The molecule has 8 heteroatoms. The summed E-state index contributed by atoms with van der Waals surface area (Å²) >= 11 is 0. The summed E-state index contributed by atoms with van der Waals surface area (Å²) in [6, 6.07) is 7.21. The first-order valence-electron chi connectivity index (χ1n) is 7.30. The van der Waals surface area contributed by atoms with Crippen LogP contribution in [0.15, 0.2) is 30.3 Å². The summed E-state index contributed by atoms with van der Waals surface area (Å²) in [6.45, 7) is 1.98. The van der Waals surface area contributed by atoms with Gasteiger partial charge in [0, 0.05) is 0 Å². The quantitative estimate of drug-likeness (QED) is 0.624. The van der Waals surface area contributed by atoms with Crippen molar-refractivity contribution < 1.29 is 23.1 Å². The highest BCUT2D eigenvalue weighted by molar-refractivity contribution is 7.89. The standard InChI is InChI=1S/C15H22N2O5S/c1-3-4-8-11-15(13(18)19,12-9-6-5-7-10-12)16-14(20)17-23(2,21)22/h5-7,9-10H,3-4,8,11H2,1-2H3,(H,18,19)(H2,16,17,20). The Kier molecular flexibility index (Phi) is 6.56. The Morgan fingerprint density at radius 1 is 1.17 bits per heavy atom. The maximum atomic E-state index is 11.9. The molecular weight excluding hydrogens is 320 g/mol. The topological polar surface area (TPSA) is 113 Å². The van der Waals surface area contributed by atoms with E-state index < -0.39 is 27.6 Å². The first-order valence-corrected chi connectivity index (χ1v) is 9.19. The van der Waals surface area contributed by atoms with E-state index in [1.165, 1.54) is 0 Å². The van der Waals surface area contributed by atoms with Gasteiger partial charge in [-0.1, -0.05) is 56.5 Å². The smallest absolute Gasteiger partial charge is 0.334 e. The molecule has 7 nitrogen and oxygen atoms in total. The Morgan fingerprint density at radius 2 is 1.78 bits per heavy atom. The highest BCUT2D eigenvalue weighted by atomic mass is 32.2. The number of nitrogens with one attached hydrogen (secondary N) is 2. The molecule has 2 amide bonds. The summed E-state index contributed by atoms with van der Waals surface area (Å²) < 4.78 is 24.1. The second-order valence-electron chi connectivity index (χ2n) is 5.36. The number of sulfonamides is 1. The monoisotopic (exact) mass is 342 g/mol. The third kappa shape index (κ3) is 5.55. The third-order valence-corrected chi connectivity index (χ3v) is 3.95. The molecule has 1 rings (SSSR count). The maximum absolute atomic E-state index is 11.9. The third-order valence-electron chi connectivity index (χ3n) is 3.39. The van der Waals surface area contributed by atoms with E-state index in [0.29, 0.717) is 12.0 Å². The number of urea groups is 1. The van der Waals surface area contributed by atoms with E-state index in [-0.39, 0.29) is 6.42 Å². The molecular formula is C15H22N2O5S. The average Bonchev–Trinajstić information content (AvgIpc) is 2.45. The van der Waals surface area contributed by atoms with Crippen LogP contribution in [0, 0.1) is 0 Å². The van der Waals surface area contributed by atoms with Crippen molar-refractivity contribution in [2.75, 3.05) is 6.26 Å². The van der Waals surface area contributed by atoms with Crippen LogP contribution in [0.5, 0.6) is 0 Å². The second kappa shape index (κ2) is 7.96. The molecule has 0 aromatic heterocycles. The van der Waals surface area contributed by atoms with Crippen molar-refractivity contribution in [3.63, 3.8) is 0 Å². The van der Waals surface area contributed by atoms with Crippen LogP contribution in [-0.4, -0.2) is 31.8 Å². The van der Waals surface area contributed by atoms with E-state index in [2.05, 4.69) is 5.32 Å². The highest BCUT2D eigenvalue weighted by Gasteiger charge is 2.41. The molecule has 0 radical (unpaired) electrons. The van der Waals surface area contributed by atoms with Crippen LogP contribution in [0.1, 0.15) is 38.2 Å². The van der Waals surface area contributed by atoms with E-state index in [9.17, 15) is 23.1 Å². The fourth-order valence-corrected chi connectivity index (χ4v) is 2.70. The zero-order chi connectivity index (χ0) is 17.5. The van der Waals surface area contributed by atoms with Crippen LogP contribution in [0.4, 0.5) is 4.79 Å². The molecule has 128 valence electrons. The molecule has 0 aliphatic heterocycles. The molecule has 0 fully saturated rings. The van der Waals surface area contributed by atoms with Crippen LogP contribution in [0.25, 0.3) is 0 Å². The van der Waals surface area contributed by atoms with Gasteiger partial charge in [0.05, 0.1) is 6.26 Å². The minimum absolute atomic E-state index is 0.164. The number of aliphatic carboxylic acids is 1. The molecule has 0 heterocycles. The molecule has 3 N–H and O–H groups in total. The molecule has 0 aliphatic rings. The molecule has 0 bridgehead atoms. The summed E-state index contributed by atoms with van der Waals surface area (Å²) in [4.78, 5) is 23.8. The van der Waals surface area contributed by atoms with Crippen LogP contribution < -0.4 is 10.0 Å². The number of carboxylic acid groups (broad SMARTS) is 1.